The normalized spacial score (nSPS) is 15.9. The van der Waals surface area contributed by atoms with Gasteiger partial charge in [-0.1, -0.05) is 43.7 Å². The monoisotopic (exact) mass is 399 g/mol. The average molecular weight is 399 g/mol. The van der Waals surface area contributed by atoms with Crippen LogP contribution in [-0.2, 0) is 0 Å². The minimum Gasteiger partial charge on any atom is -0.366 e. The Bertz CT molecular complexity index is 1110. The highest BCUT2D eigenvalue weighted by molar-refractivity contribution is 5.80. The molecule has 0 amide bonds. The van der Waals surface area contributed by atoms with Crippen molar-refractivity contribution < 1.29 is 13.7 Å². The maximum atomic E-state index is 14.0. The molecule has 4 rings (SSSR count). The summed E-state index contributed by atoms with van der Waals surface area (Å²) in [5.41, 5.74) is 1.02. The molecule has 29 heavy (non-hydrogen) atoms. The smallest absolute Gasteiger partial charge is 0.313 e. The van der Waals surface area contributed by atoms with Gasteiger partial charge in [-0.25, -0.2) is 13.8 Å². The highest BCUT2D eigenvalue weighted by Crippen LogP contribution is 2.39. The summed E-state index contributed by atoms with van der Waals surface area (Å²) >= 11 is 0. The maximum Gasteiger partial charge on any atom is 0.313 e. The van der Waals surface area contributed by atoms with Crippen molar-refractivity contribution in [1.82, 2.24) is 14.9 Å². The van der Waals surface area contributed by atoms with Gasteiger partial charge in [0.15, 0.2) is 23.5 Å². The molecule has 1 aliphatic heterocycles. The molecular weight excluding hydrogens is 380 g/mol. The maximum absolute atomic E-state index is 14.0. The summed E-state index contributed by atoms with van der Waals surface area (Å²) in [6.07, 6.45) is 1.76. The third-order valence-electron chi connectivity index (χ3n) is 4.89. The molecule has 0 saturated carbocycles. The molecule has 0 fully saturated rings. The molecule has 0 radical (unpaired) electrons. The van der Waals surface area contributed by atoms with Gasteiger partial charge in [-0.05, 0) is 12.0 Å². The highest BCUT2D eigenvalue weighted by atomic mass is 19.2. The van der Waals surface area contributed by atoms with Crippen LogP contribution in [0.2, 0.25) is 0 Å². The van der Waals surface area contributed by atoms with Crippen LogP contribution in [0.3, 0.4) is 0 Å². The van der Waals surface area contributed by atoms with E-state index in [-0.39, 0.29) is 28.5 Å². The number of imidazole rings is 1. The lowest BCUT2D eigenvalue weighted by Gasteiger charge is -2.27. The van der Waals surface area contributed by atoms with E-state index in [1.165, 1.54) is 4.57 Å². The molecular formula is C20H19F2N5O2. The lowest BCUT2D eigenvalue weighted by atomic mass is 10.0. The first-order valence-electron chi connectivity index (χ1n) is 9.32. The fourth-order valence-corrected chi connectivity index (χ4v) is 3.53. The largest absolute Gasteiger partial charge is 0.366 e. The molecule has 2 heterocycles. The minimum atomic E-state index is -1.04. The number of fused-ring (bicyclic) bond motifs is 3. The summed E-state index contributed by atoms with van der Waals surface area (Å²) in [6, 6.07) is 10.0. The SMILES string of the molecule is CCCCNC1=C([N+](=O)[O-])C(c2ccccc2)n2c(nc3cc(F)c(F)cc32)N1. The molecule has 1 atom stereocenters. The van der Waals surface area contributed by atoms with Crippen LogP contribution in [0.4, 0.5) is 14.7 Å². The first kappa shape index (κ1) is 18.9. The lowest BCUT2D eigenvalue weighted by molar-refractivity contribution is -0.432. The fraction of sp³-hybridized carbons (Fsp3) is 0.250. The number of hydrogen-bond acceptors (Lipinski definition) is 5. The Balaban J connectivity index is 1.96. The third-order valence-corrected chi connectivity index (χ3v) is 4.89. The van der Waals surface area contributed by atoms with E-state index < -0.39 is 22.6 Å². The molecule has 2 N–H and O–H groups in total. The van der Waals surface area contributed by atoms with Gasteiger partial charge < -0.3 is 10.6 Å². The van der Waals surface area contributed by atoms with Crippen molar-refractivity contribution in [2.75, 3.05) is 11.9 Å². The van der Waals surface area contributed by atoms with Crippen LogP contribution in [0, 0.1) is 21.7 Å². The molecule has 7 nitrogen and oxygen atoms in total. The van der Waals surface area contributed by atoms with Gasteiger partial charge in [-0.3, -0.25) is 14.7 Å². The molecule has 1 aliphatic rings. The Labute approximate surface area is 165 Å². The first-order valence-corrected chi connectivity index (χ1v) is 9.32. The number of unbranched alkanes of at least 4 members (excludes halogenated alkanes) is 1. The van der Waals surface area contributed by atoms with E-state index in [1.807, 2.05) is 13.0 Å². The zero-order chi connectivity index (χ0) is 20.5. The number of rotatable bonds is 6. The Morgan fingerprint density at radius 3 is 2.66 bits per heavy atom. The zero-order valence-corrected chi connectivity index (χ0v) is 15.7. The fourth-order valence-electron chi connectivity index (χ4n) is 3.53. The molecule has 0 spiro atoms. The molecule has 1 unspecified atom stereocenters. The Morgan fingerprint density at radius 1 is 1.24 bits per heavy atom. The van der Waals surface area contributed by atoms with E-state index in [0.29, 0.717) is 12.1 Å². The topological polar surface area (TPSA) is 85.0 Å². The molecule has 9 heteroatoms. The summed E-state index contributed by atoms with van der Waals surface area (Å²) in [5, 5.41) is 18.1. The average Bonchev–Trinajstić information content (AvgIpc) is 3.04. The predicted molar refractivity (Wildman–Crippen MR) is 105 cm³/mol. The summed E-state index contributed by atoms with van der Waals surface area (Å²) in [7, 11) is 0. The van der Waals surface area contributed by atoms with Crippen LogP contribution in [0.5, 0.6) is 0 Å². The van der Waals surface area contributed by atoms with Crippen LogP contribution < -0.4 is 10.6 Å². The Morgan fingerprint density at radius 2 is 1.97 bits per heavy atom. The minimum absolute atomic E-state index is 0.108. The third kappa shape index (κ3) is 3.28. The van der Waals surface area contributed by atoms with Crippen LogP contribution in [-0.4, -0.2) is 21.0 Å². The van der Waals surface area contributed by atoms with Crippen LogP contribution in [0.1, 0.15) is 31.4 Å². The quantitative estimate of drug-likeness (QED) is 0.369. The van der Waals surface area contributed by atoms with Gasteiger partial charge >= 0.3 is 5.70 Å². The van der Waals surface area contributed by atoms with Crippen LogP contribution in [0.15, 0.2) is 54.0 Å². The van der Waals surface area contributed by atoms with Crippen molar-refractivity contribution >= 4 is 17.0 Å². The van der Waals surface area contributed by atoms with Gasteiger partial charge in [0.25, 0.3) is 0 Å². The summed E-state index contributed by atoms with van der Waals surface area (Å²) in [6.45, 7) is 2.56. The number of nitro groups is 1. The molecule has 0 saturated heterocycles. The van der Waals surface area contributed by atoms with Crippen LogP contribution >= 0.6 is 0 Å². The van der Waals surface area contributed by atoms with E-state index in [9.17, 15) is 18.9 Å². The number of nitrogens with one attached hydrogen (secondary N) is 2. The second-order valence-electron chi connectivity index (χ2n) is 6.80. The number of halogens is 2. The van der Waals surface area contributed by atoms with Crippen molar-refractivity contribution in [3.8, 4) is 0 Å². The second kappa shape index (κ2) is 7.50. The first-order chi connectivity index (χ1) is 14.0. The molecule has 2 aromatic carbocycles. The van der Waals surface area contributed by atoms with E-state index in [4.69, 9.17) is 0 Å². The van der Waals surface area contributed by atoms with E-state index >= 15 is 0 Å². The molecule has 3 aromatic rings. The van der Waals surface area contributed by atoms with Crippen molar-refractivity contribution in [3.05, 3.63) is 81.3 Å². The molecule has 1 aromatic heterocycles. The number of aromatic nitrogens is 2. The van der Waals surface area contributed by atoms with Crippen LogP contribution in [0.25, 0.3) is 11.0 Å². The molecule has 0 aliphatic carbocycles. The van der Waals surface area contributed by atoms with Gasteiger partial charge in [-0.15, -0.1) is 0 Å². The van der Waals surface area contributed by atoms with E-state index in [0.717, 1.165) is 25.0 Å². The second-order valence-corrected chi connectivity index (χ2v) is 6.80. The summed E-state index contributed by atoms with van der Waals surface area (Å²) in [4.78, 5) is 16.0. The van der Waals surface area contributed by atoms with E-state index in [1.54, 1.807) is 24.3 Å². The van der Waals surface area contributed by atoms with Gasteiger partial charge in [-0.2, -0.15) is 0 Å². The highest BCUT2D eigenvalue weighted by Gasteiger charge is 2.39. The predicted octanol–water partition coefficient (Wildman–Crippen LogP) is 4.16. The van der Waals surface area contributed by atoms with Gasteiger partial charge in [0.2, 0.25) is 5.95 Å². The molecule has 0 bridgehead atoms. The van der Waals surface area contributed by atoms with Crippen molar-refractivity contribution in [1.29, 1.82) is 0 Å². The number of hydrogen-bond donors (Lipinski definition) is 2. The number of anilines is 1. The lowest BCUT2D eigenvalue weighted by Crippen LogP contribution is -2.34. The molecule has 150 valence electrons. The van der Waals surface area contributed by atoms with Gasteiger partial charge in [0.05, 0.1) is 16.0 Å². The van der Waals surface area contributed by atoms with Gasteiger partial charge in [0.1, 0.15) is 0 Å². The number of benzene rings is 2. The Kier molecular flexibility index (Phi) is 4.87. The summed E-state index contributed by atoms with van der Waals surface area (Å²) in [5.74, 6) is -1.54. The Hall–Kier alpha value is -3.49. The summed E-state index contributed by atoms with van der Waals surface area (Å²) < 4.78 is 29.3. The van der Waals surface area contributed by atoms with Crippen molar-refractivity contribution in [3.63, 3.8) is 0 Å². The number of nitrogens with zero attached hydrogens (tertiary/aromatic N) is 3. The van der Waals surface area contributed by atoms with Crippen molar-refractivity contribution in [2.24, 2.45) is 0 Å². The zero-order valence-electron chi connectivity index (χ0n) is 15.7. The number of allylic oxidation sites excluding steroid dienone is 1. The van der Waals surface area contributed by atoms with E-state index in [2.05, 4.69) is 15.6 Å². The standard InChI is InChI=1S/C20H19F2N5O2/c1-2-3-9-23-19-18(27(28)29)17(12-7-5-4-6-8-12)26-16-11-14(22)13(21)10-15(16)24-20(26)25-19/h4-8,10-11,17,23H,2-3,9H2,1H3,(H,24,25). The van der Waals surface area contributed by atoms with Gasteiger partial charge in [0, 0.05) is 18.7 Å². The van der Waals surface area contributed by atoms with Crippen molar-refractivity contribution in [2.45, 2.75) is 25.8 Å².